The van der Waals surface area contributed by atoms with Crippen molar-refractivity contribution in [1.82, 2.24) is 0 Å². The van der Waals surface area contributed by atoms with Crippen molar-refractivity contribution in [2.75, 3.05) is 5.88 Å². The first kappa shape index (κ1) is 11.2. The Hall–Kier alpha value is -0.830. The minimum atomic E-state index is -0.400. The van der Waals surface area contributed by atoms with E-state index in [1.54, 1.807) is 6.92 Å². The average Bonchev–Trinajstić information content (AvgIpc) is 2.03. The maximum absolute atomic E-state index is 11.1. The predicted molar refractivity (Wildman–Crippen MR) is 49.1 cm³/mol. The van der Waals surface area contributed by atoms with Crippen molar-refractivity contribution < 1.29 is 9.90 Å². The minimum absolute atomic E-state index is 0.0486. The lowest BCUT2D eigenvalue weighted by Crippen LogP contribution is -2.13. The van der Waals surface area contributed by atoms with Gasteiger partial charge in [-0.15, -0.1) is 11.6 Å². The topological polar surface area (TPSA) is 61.1 Å². The zero-order chi connectivity index (χ0) is 9.72. The van der Waals surface area contributed by atoms with Gasteiger partial charge in [0.2, 0.25) is 0 Å². The van der Waals surface area contributed by atoms with E-state index in [2.05, 4.69) is 0 Å². The molecular weight excluding hydrogens is 178 g/mol. The number of hydrogen-bond donors (Lipinski definition) is 2. The molecule has 0 bridgehead atoms. The van der Waals surface area contributed by atoms with Crippen LogP contribution >= 0.6 is 11.6 Å². The van der Waals surface area contributed by atoms with Gasteiger partial charge in [0.15, 0.2) is 5.78 Å². The highest BCUT2D eigenvalue weighted by molar-refractivity contribution is 6.35. The molecule has 2 N–H and O–H groups in total. The number of aliphatic hydroxyl groups is 1. The highest BCUT2D eigenvalue weighted by Crippen LogP contribution is 2.09. The standard InChI is InChI=1S/C8H12ClNO2/c1-3-6(11)8(5(2)10)7(12)4-9/h10-11H,3-4H2,1-2H3/b8-6+,10-5?. The lowest BCUT2D eigenvalue weighted by Gasteiger charge is -2.04. The smallest absolute Gasteiger partial charge is 0.182 e. The Morgan fingerprint density at radius 3 is 2.33 bits per heavy atom. The lowest BCUT2D eigenvalue weighted by molar-refractivity contribution is -0.113. The van der Waals surface area contributed by atoms with E-state index in [-0.39, 0.29) is 22.9 Å². The summed E-state index contributed by atoms with van der Waals surface area (Å²) in [6.07, 6.45) is 0.341. The Labute approximate surface area is 76.5 Å². The quantitative estimate of drug-likeness (QED) is 0.308. The third-order valence-electron chi connectivity index (χ3n) is 1.40. The van der Waals surface area contributed by atoms with Crippen molar-refractivity contribution in [2.24, 2.45) is 0 Å². The molecule has 0 radical (unpaired) electrons. The van der Waals surface area contributed by atoms with Crippen LogP contribution in [-0.2, 0) is 4.79 Å². The van der Waals surface area contributed by atoms with E-state index in [1.807, 2.05) is 0 Å². The first-order chi connectivity index (χ1) is 5.54. The Morgan fingerprint density at radius 2 is 2.08 bits per heavy atom. The van der Waals surface area contributed by atoms with E-state index < -0.39 is 5.78 Å². The second-order valence-electron chi connectivity index (χ2n) is 2.36. The number of aliphatic hydroxyl groups excluding tert-OH is 1. The molecule has 0 heterocycles. The summed E-state index contributed by atoms with van der Waals surface area (Å²) in [6.45, 7) is 3.16. The number of halogens is 1. The molecule has 0 aromatic rings. The SMILES string of the molecule is CC/C(O)=C(/C(C)=N)C(=O)CCl. The molecule has 0 aliphatic carbocycles. The molecule has 0 saturated carbocycles. The van der Waals surface area contributed by atoms with Crippen LogP contribution in [0.3, 0.4) is 0 Å². The molecule has 0 unspecified atom stereocenters. The maximum atomic E-state index is 11.1. The molecule has 0 aliphatic heterocycles. The summed E-state index contributed by atoms with van der Waals surface area (Å²) < 4.78 is 0. The molecule has 4 heteroatoms. The Bertz CT molecular complexity index is 233. The fourth-order valence-electron chi connectivity index (χ4n) is 0.830. The molecular formula is C8H12ClNO2. The Kier molecular flexibility index (Phi) is 4.59. The van der Waals surface area contributed by atoms with Gasteiger partial charge in [-0.3, -0.25) is 4.79 Å². The first-order valence-corrected chi connectivity index (χ1v) is 4.14. The second-order valence-corrected chi connectivity index (χ2v) is 2.62. The number of Topliss-reactive ketones (excluding diaryl/α,β-unsaturated/α-hetero) is 1. The molecule has 3 nitrogen and oxygen atoms in total. The number of carbonyl (C=O) groups is 1. The number of carbonyl (C=O) groups excluding carboxylic acids is 1. The predicted octanol–water partition coefficient (Wildman–Crippen LogP) is 2.06. The lowest BCUT2D eigenvalue weighted by atomic mass is 10.1. The summed E-state index contributed by atoms with van der Waals surface area (Å²) in [5, 5.41) is 16.5. The second kappa shape index (κ2) is 4.93. The molecule has 12 heavy (non-hydrogen) atoms. The molecule has 0 amide bonds. The zero-order valence-corrected chi connectivity index (χ0v) is 7.90. The molecule has 0 aromatic heterocycles. The van der Waals surface area contributed by atoms with Crippen LogP contribution in [0.1, 0.15) is 20.3 Å². The van der Waals surface area contributed by atoms with Gasteiger partial charge in [0.05, 0.1) is 11.5 Å². The van der Waals surface area contributed by atoms with Gasteiger partial charge in [-0.05, 0) is 6.92 Å². The third-order valence-corrected chi connectivity index (χ3v) is 1.64. The van der Waals surface area contributed by atoms with Crippen LogP contribution < -0.4 is 0 Å². The van der Waals surface area contributed by atoms with Gasteiger partial charge in [-0.1, -0.05) is 6.92 Å². The van der Waals surface area contributed by atoms with Gasteiger partial charge in [0.1, 0.15) is 5.76 Å². The fourth-order valence-corrected chi connectivity index (χ4v) is 0.964. The largest absolute Gasteiger partial charge is 0.512 e. The first-order valence-electron chi connectivity index (χ1n) is 3.61. The zero-order valence-electron chi connectivity index (χ0n) is 7.15. The Balaban J connectivity index is 4.91. The van der Waals surface area contributed by atoms with Crippen molar-refractivity contribution >= 4 is 23.1 Å². The van der Waals surface area contributed by atoms with E-state index in [1.165, 1.54) is 6.92 Å². The summed E-state index contributed by atoms with van der Waals surface area (Å²) in [4.78, 5) is 11.1. The van der Waals surface area contributed by atoms with Crippen LogP contribution in [0.25, 0.3) is 0 Å². The van der Waals surface area contributed by atoms with Crippen LogP contribution in [-0.4, -0.2) is 22.5 Å². The number of hydrogen-bond acceptors (Lipinski definition) is 3. The highest BCUT2D eigenvalue weighted by Gasteiger charge is 2.14. The molecule has 0 saturated heterocycles. The van der Waals surface area contributed by atoms with Crippen molar-refractivity contribution in [2.45, 2.75) is 20.3 Å². The highest BCUT2D eigenvalue weighted by atomic mass is 35.5. The van der Waals surface area contributed by atoms with Crippen LogP contribution in [0.5, 0.6) is 0 Å². The number of ketones is 1. The van der Waals surface area contributed by atoms with Gasteiger partial charge in [0.25, 0.3) is 0 Å². The fraction of sp³-hybridized carbons (Fsp3) is 0.500. The third kappa shape index (κ3) is 2.66. The molecule has 0 aliphatic rings. The van der Waals surface area contributed by atoms with E-state index in [0.717, 1.165) is 0 Å². The van der Waals surface area contributed by atoms with Crippen molar-refractivity contribution in [1.29, 1.82) is 5.41 Å². The summed E-state index contributed by atoms with van der Waals surface area (Å²) in [5.41, 5.74) is 0.104. The monoisotopic (exact) mass is 189 g/mol. The van der Waals surface area contributed by atoms with Gasteiger partial charge >= 0.3 is 0 Å². The van der Waals surface area contributed by atoms with E-state index in [4.69, 9.17) is 17.0 Å². The number of alkyl halides is 1. The average molecular weight is 190 g/mol. The Morgan fingerprint density at radius 1 is 1.58 bits per heavy atom. The van der Waals surface area contributed by atoms with Gasteiger partial charge in [0, 0.05) is 12.1 Å². The van der Waals surface area contributed by atoms with E-state index in [0.29, 0.717) is 6.42 Å². The van der Waals surface area contributed by atoms with Gasteiger partial charge < -0.3 is 10.5 Å². The molecule has 0 spiro atoms. The summed E-state index contributed by atoms with van der Waals surface area (Å²) in [6, 6.07) is 0. The van der Waals surface area contributed by atoms with E-state index >= 15 is 0 Å². The molecule has 0 atom stereocenters. The number of allylic oxidation sites excluding steroid dienone is 2. The van der Waals surface area contributed by atoms with Crippen molar-refractivity contribution in [3.63, 3.8) is 0 Å². The van der Waals surface area contributed by atoms with Gasteiger partial charge in [-0.25, -0.2) is 0 Å². The maximum Gasteiger partial charge on any atom is 0.182 e. The molecule has 0 rings (SSSR count). The normalized spacial score (nSPS) is 12.2. The number of rotatable bonds is 4. The van der Waals surface area contributed by atoms with Crippen LogP contribution in [0.15, 0.2) is 11.3 Å². The summed E-state index contributed by atoms with van der Waals surface area (Å²) >= 11 is 5.30. The van der Waals surface area contributed by atoms with Crippen molar-refractivity contribution in [3.8, 4) is 0 Å². The summed E-state index contributed by atoms with van der Waals surface area (Å²) in [7, 11) is 0. The molecule has 0 aromatic carbocycles. The molecule has 68 valence electrons. The van der Waals surface area contributed by atoms with Crippen LogP contribution in [0.2, 0.25) is 0 Å². The van der Waals surface area contributed by atoms with Crippen LogP contribution in [0, 0.1) is 5.41 Å². The number of nitrogens with one attached hydrogen (secondary N) is 1. The molecule has 0 fully saturated rings. The van der Waals surface area contributed by atoms with Crippen LogP contribution in [0.4, 0.5) is 0 Å². The van der Waals surface area contributed by atoms with Gasteiger partial charge in [-0.2, -0.15) is 0 Å². The van der Waals surface area contributed by atoms with Crippen molar-refractivity contribution in [3.05, 3.63) is 11.3 Å². The van der Waals surface area contributed by atoms with E-state index in [9.17, 15) is 9.90 Å². The minimum Gasteiger partial charge on any atom is -0.512 e. The summed E-state index contributed by atoms with van der Waals surface area (Å²) in [5.74, 6) is -0.660.